The SMILES string of the molecule is Cc1ccc(-c2cc(N)c(=O)n([C@H](C)C(=O)N3C[C@H](C)C[C@H](C)C3)n2)s1. The predicted octanol–water partition coefficient (Wildman–Crippen LogP) is 2.93. The lowest BCUT2D eigenvalue weighted by atomic mass is 9.91. The van der Waals surface area contributed by atoms with Crippen molar-refractivity contribution in [2.45, 2.75) is 40.2 Å². The lowest BCUT2D eigenvalue weighted by Crippen LogP contribution is -2.47. The van der Waals surface area contributed by atoms with E-state index in [0.29, 0.717) is 17.5 Å². The summed E-state index contributed by atoms with van der Waals surface area (Å²) in [5.41, 5.74) is 6.25. The summed E-state index contributed by atoms with van der Waals surface area (Å²) in [7, 11) is 0. The predicted molar refractivity (Wildman–Crippen MR) is 105 cm³/mol. The Bertz CT molecular complexity index is 863. The van der Waals surface area contributed by atoms with E-state index in [1.54, 1.807) is 24.3 Å². The number of thiophene rings is 1. The molecule has 3 heterocycles. The number of aryl methyl sites for hydroxylation is 1. The number of likely N-dealkylation sites (tertiary alicyclic amines) is 1. The van der Waals surface area contributed by atoms with Gasteiger partial charge in [-0.15, -0.1) is 11.3 Å². The van der Waals surface area contributed by atoms with Gasteiger partial charge in [-0.3, -0.25) is 9.59 Å². The second-order valence-electron chi connectivity index (χ2n) is 7.51. The number of piperidine rings is 1. The van der Waals surface area contributed by atoms with Crippen LogP contribution in [0, 0.1) is 18.8 Å². The average molecular weight is 375 g/mol. The highest BCUT2D eigenvalue weighted by Gasteiger charge is 2.30. The van der Waals surface area contributed by atoms with Crippen LogP contribution in [0.5, 0.6) is 0 Å². The van der Waals surface area contributed by atoms with Crippen molar-refractivity contribution in [2.24, 2.45) is 11.8 Å². The first-order valence-electron chi connectivity index (χ1n) is 9.01. The molecule has 2 aromatic rings. The van der Waals surface area contributed by atoms with Crippen LogP contribution in [0.4, 0.5) is 5.69 Å². The van der Waals surface area contributed by atoms with E-state index in [4.69, 9.17) is 5.73 Å². The van der Waals surface area contributed by atoms with Crippen molar-refractivity contribution in [1.82, 2.24) is 14.7 Å². The number of carbonyl (C=O) groups is 1. The van der Waals surface area contributed by atoms with E-state index in [-0.39, 0.29) is 11.6 Å². The second-order valence-corrected chi connectivity index (χ2v) is 8.80. The Morgan fingerprint density at radius 1 is 1.31 bits per heavy atom. The Balaban J connectivity index is 1.93. The molecule has 2 N–H and O–H groups in total. The van der Waals surface area contributed by atoms with Crippen molar-refractivity contribution in [3.63, 3.8) is 0 Å². The fraction of sp³-hybridized carbons (Fsp3) is 0.526. The molecule has 140 valence electrons. The first-order chi connectivity index (χ1) is 12.3. The molecule has 0 unspecified atom stereocenters. The van der Waals surface area contributed by atoms with E-state index < -0.39 is 11.6 Å². The van der Waals surface area contributed by atoms with Gasteiger partial charge in [0.15, 0.2) is 0 Å². The Kier molecular flexibility index (Phi) is 5.18. The highest BCUT2D eigenvalue weighted by molar-refractivity contribution is 7.15. The van der Waals surface area contributed by atoms with Gasteiger partial charge in [0.05, 0.1) is 4.88 Å². The molecular weight excluding hydrogens is 348 g/mol. The largest absolute Gasteiger partial charge is 0.394 e. The fourth-order valence-electron chi connectivity index (χ4n) is 3.70. The summed E-state index contributed by atoms with van der Waals surface area (Å²) in [6, 6.07) is 4.87. The van der Waals surface area contributed by atoms with Gasteiger partial charge in [0, 0.05) is 18.0 Å². The molecule has 3 atom stereocenters. The van der Waals surface area contributed by atoms with Gasteiger partial charge in [-0.25, -0.2) is 4.68 Å². The summed E-state index contributed by atoms with van der Waals surface area (Å²) in [5.74, 6) is 0.854. The fourth-order valence-corrected chi connectivity index (χ4v) is 4.52. The van der Waals surface area contributed by atoms with Crippen molar-refractivity contribution >= 4 is 22.9 Å². The van der Waals surface area contributed by atoms with Crippen LogP contribution in [0.3, 0.4) is 0 Å². The molecule has 3 rings (SSSR count). The summed E-state index contributed by atoms with van der Waals surface area (Å²) in [6.45, 7) is 9.50. The third-order valence-corrected chi connectivity index (χ3v) is 5.88. The van der Waals surface area contributed by atoms with Gasteiger partial charge in [0.25, 0.3) is 5.56 Å². The minimum Gasteiger partial charge on any atom is -0.394 e. The number of nitrogens with zero attached hydrogens (tertiary/aromatic N) is 3. The van der Waals surface area contributed by atoms with E-state index in [9.17, 15) is 9.59 Å². The molecule has 0 radical (unpaired) electrons. The van der Waals surface area contributed by atoms with Crippen LogP contribution in [-0.4, -0.2) is 33.7 Å². The molecule has 0 spiro atoms. The van der Waals surface area contributed by atoms with Crippen LogP contribution in [0.25, 0.3) is 10.6 Å². The lowest BCUT2D eigenvalue weighted by Gasteiger charge is -2.36. The average Bonchev–Trinajstić information content (AvgIpc) is 3.01. The van der Waals surface area contributed by atoms with Crippen LogP contribution in [-0.2, 0) is 4.79 Å². The number of hydrogen-bond acceptors (Lipinski definition) is 5. The van der Waals surface area contributed by atoms with Gasteiger partial charge < -0.3 is 10.6 Å². The Morgan fingerprint density at radius 2 is 1.96 bits per heavy atom. The van der Waals surface area contributed by atoms with Gasteiger partial charge in [0.1, 0.15) is 17.4 Å². The molecule has 7 heteroatoms. The topological polar surface area (TPSA) is 81.2 Å². The van der Waals surface area contributed by atoms with E-state index in [1.165, 1.54) is 4.68 Å². The number of amides is 1. The first kappa shape index (κ1) is 18.6. The van der Waals surface area contributed by atoms with E-state index in [1.807, 2.05) is 24.0 Å². The number of aromatic nitrogens is 2. The lowest BCUT2D eigenvalue weighted by molar-refractivity contribution is -0.137. The monoisotopic (exact) mass is 374 g/mol. The summed E-state index contributed by atoms with van der Waals surface area (Å²) in [6.07, 6.45) is 1.12. The molecule has 0 bridgehead atoms. The standard InChI is InChI=1S/C19H26N4O2S/c1-11-7-12(2)10-22(9-11)18(24)14(4)23-19(25)15(20)8-16(21-23)17-6-5-13(3)26-17/h5-6,8,11-12,14H,7,9-10,20H2,1-4H3/t11-,12+,14-/m1/s1. The zero-order chi connectivity index (χ0) is 19.0. The summed E-state index contributed by atoms with van der Waals surface area (Å²) in [4.78, 5) is 29.5. The molecule has 6 nitrogen and oxygen atoms in total. The minimum atomic E-state index is -0.677. The summed E-state index contributed by atoms with van der Waals surface area (Å²) < 4.78 is 1.24. The number of rotatable bonds is 3. The van der Waals surface area contributed by atoms with Crippen LogP contribution in [0.1, 0.15) is 38.1 Å². The zero-order valence-electron chi connectivity index (χ0n) is 15.7. The number of anilines is 1. The van der Waals surface area contributed by atoms with Crippen molar-refractivity contribution in [3.8, 4) is 10.6 Å². The molecule has 0 aliphatic carbocycles. The molecule has 1 saturated heterocycles. The number of carbonyl (C=O) groups excluding carboxylic acids is 1. The molecule has 1 aliphatic rings. The van der Waals surface area contributed by atoms with Crippen LogP contribution >= 0.6 is 11.3 Å². The molecule has 1 fully saturated rings. The van der Waals surface area contributed by atoms with E-state index in [2.05, 4.69) is 18.9 Å². The van der Waals surface area contributed by atoms with Crippen molar-refractivity contribution < 1.29 is 4.79 Å². The Labute approximate surface area is 157 Å². The van der Waals surface area contributed by atoms with E-state index in [0.717, 1.165) is 29.3 Å². The second kappa shape index (κ2) is 7.23. The molecular formula is C19H26N4O2S. The molecule has 0 saturated carbocycles. The molecule has 1 aliphatic heterocycles. The maximum atomic E-state index is 13.0. The number of hydrogen-bond donors (Lipinski definition) is 1. The van der Waals surface area contributed by atoms with Crippen molar-refractivity contribution in [3.05, 3.63) is 33.4 Å². The Hall–Kier alpha value is -2.15. The van der Waals surface area contributed by atoms with Gasteiger partial charge in [-0.2, -0.15) is 5.10 Å². The van der Waals surface area contributed by atoms with Gasteiger partial charge in [-0.05, 0) is 50.3 Å². The van der Waals surface area contributed by atoms with Gasteiger partial charge in [-0.1, -0.05) is 13.8 Å². The maximum absolute atomic E-state index is 13.0. The normalized spacial score (nSPS) is 21.6. The van der Waals surface area contributed by atoms with Gasteiger partial charge in [0.2, 0.25) is 5.91 Å². The van der Waals surface area contributed by atoms with Crippen LogP contribution in [0.15, 0.2) is 23.0 Å². The van der Waals surface area contributed by atoms with Crippen molar-refractivity contribution in [1.29, 1.82) is 0 Å². The Morgan fingerprint density at radius 3 is 2.54 bits per heavy atom. The summed E-state index contributed by atoms with van der Waals surface area (Å²) >= 11 is 1.58. The van der Waals surface area contributed by atoms with Crippen molar-refractivity contribution in [2.75, 3.05) is 18.8 Å². The highest BCUT2D eigenvalue weighted by atomic mass is 32.1. The van der Waals surface area contributed by atoms with E-state index >= 15 is 0 Å². The maximum Gasteiger partial charge on any atom is 0.290 e. The summed E-state index contributed by atoms with van der Waals surface area (Å²) in [5, 5.41) is 4.46. The van der Waals surface area contributed by atoms with Crippen LogP contribution in [0.2, 0.25) is 0 Å². The smallest absolute Gasteiger partial charge is 0.290 e. The van der Waals surface area contributed by atoms with Gasteiger partial charge >= 0.3 is 0 Å². The third kappa shape index (κ3) is 3.67. The quantitative estimate of drug-likeness (QED) is 0.896. The highest BCUT2D eigenvalue weighted by Crippen LogP contribution is 2.27. The first-order valence-corrected chi connectivity index (χ1v) is 9.82. The molecule has 26 heavy (non-hydrogen) atoms. The third-order valence-electron chi connectivity index (χ3n) is 4.86. The molecule has 0 aromatic carbocycles. The molecule has 1 amide bonds. The number of nitrogens with two attached hydrogens (primary N) is 1. The zero-order valence-corrected chi connectivity index (χ0v) is 16.5. The molecule has 2 aromatic heterocycles. The minimum absolute atomic E-state index is 0.0723. The van der Waals surface area contributed by atoms with Crippen LogP contribution < -0.4 is 11.3 Å². The number of nitrogen functional groups attached to an aromatic ring is 1.